The lowest BCUT2D eigenvalue weighted by atomic mass is 9.88. The van der Waals surface area contributed by atoms with E-state index >= 15 is 0 Å². The number of thiophene rings is 1. The Hall–Kier alpha value is -3.00. The van der Waals surface area contributed by atoms with Gasteiger partial charge in [0.2, 0.25) is 0 Å². The van der Waals surface area contributed by atoms with Crippen molar-refractivity contribution in [3.63, 3.8) is 0 Å². The summed E-state index contributed by atoms with van der Waals surface area (Å²) in [5, 5.41) is 2.14. The number of nitrogens with zero attached hydrogens (tertiary/aromatic N) is 3. The number of hydrogen-bond donors (Lipinski definition) is 0. The van der Waals surface area contributed by atoms with Gasteiger partial charge in [-0.3, -0.25) is 0 Å². The summed E-state index contributed by atoms with van der Waals surface area (Å²) in [5.74, 6) is 0.835. The molecular formula is C27H23N3O2S2. The number of aromatic nitrogens is 3. The van der Waals surface area contributed by atoms with Crippen molar-refractivity contribution in [3.05, 3.63) is 78.0 Å². The van der Waals surface area contributed by atoms with Gasteiger partial charge in [-0.25, -0.2) is 15.0 Å². The molecule has 170 valence electrons. The molecule has 1 aromatic carbocycles. The first-order valence-corrected chi connectivity index (χ1v) is 13.0. The second-order valence-corrected chi connectivity index (χ2v) is 10.9. The van der Waals surface area contributed by atoms with Gasteiger partial charge in [0, 0.05) is 28.7 Å². The van der Waals surface area contributed by atoms with E-state index in [0.717, 1.165) is 54.5 Å². The van der Waals surface area contributed by atoms with Crippen LogP contribution in [0.15, 0.2) is 70.8 Å². The van der Waals surface area contributed by atoms with Gasteiger partial charge in [0.25, 0.3) is 0 Å². The van der Waals surface area contributed by atoms with Crippen LogP contribution in [0.3, 0.4) is 0 Å². The summed E-state index contributed by atoms with van der Waals surface area (Å²) in [6, 6.07) is 12.3. The van der Waals surface area contributed by atoms with Crippen LogP contribution < -0.4 is 0 Å². The highest BCUT2D eigenvalue weighted by molar-refractivity contribution is 7.99. The van der Waals surface area contributed by atoms with Crippen molar-refractivity contribution in [1.82, 2.24) is 15.0 Å². The SMILES string of the molecule is CC1(C)Cc2c(c(-c3ccoc3)nc3sc4c(SC/C=C/c5ccccc5)ncnc4c23)CO1. The zero-order valence-electron chi connectivity index (χ0n) is 18.9. The Morgan fingerprint density at radius 1 is 1.12 bits per heavy atom. The molecule has 5 aromatic rings. The maximum absolute atomic E-state index is 6.18. The van der Waals surface area contributed by atoms with E-state index < -0.39 is 0 Å². The average molecular weight is 486 g/mol. The van der Waals surface area contributed by atoms with E-state index in [0.29, 0.717) is 6.61 Å². The number of ether oxygens (including phenoxy) is 1. The minimum atomic E-state index is -0.240. The summed E-state index contributed by atoms with van der Waals surface area (Å²) in [6.45, 7) is 4.81. The molecule has 5 nitrogen and oxygen atoms in total. The molecule has 4 aromatic heterocycles. The van der Waals surface area contributed by atoms with Crippen molar-refractivity contribution in [2.75, 3.05) is 5.75 Å². The van der Waals surface area contributed by atoms with Crippen molar-refractivity contribution in [2.45, 2.75) is 37.5 Å². The molecule has 0 fully saturated rings. The quantitative estimate of drug-likeness (QED) is 0.194. The molecule has 0 radical (unpaired) electrons. The van der Waals surface area contributed by atoms with Crippen LogP contribution >= 0.6 is 23.1 Å². The van der Waals surface area contributed by atoms with Crippen LogP contribution in [0.2, 0.25) is 0 Å². The van der Waals surface area contributed by atoms with Gasteiger partial charge in [-0.05, 0) is 31.0 Å². The maximum atomic E-state index is 6.18. The molecule has 1 aliphatic heterocycles. The minimum Gasteiger partial charge on any atom is -0.472 e. The number of thioether (sulfide) groups is 1. The Balaban J connectivity index is 1.44. The van der Waals surface area contributed by atoms with Gasteiger partial charge in [-0.1, -0.05) is 42.5 Å². The Morgan fingerprint density at radius 2 is 2.00 bits per heavy atom. The fourth-order valence-electron chi connectivity index (χ4n) is 4.40. The van der Waals surface area contributed by atoms with Gasteiger partial charge in [-0.2, -0.15) is 0 Å². The first-order chi connectivity index (χ1) is 16.6. The van der Waals surface area contributed by atoms with Crippen molar-refractivity contribution in [3.8, 4) is 11.3 Å². The minimum absolute atomic E-state index is 0.240. The largest absolute Gasteiger partial charge is 0.472 e. The normalized spacial score (nSPS) is 15.4. The first kappa shape index (κ1) is 21.5. The summed E-state index contributed by atoms with van der Waals surface area (Å²) >= 11 is 3.40. The Labute approximate surface area is 205 Å². The van der Waals surface area contributed by atoms with Crippen LogP contribution in [0, 0.1) is 0 Å². The third kappa shape index (κ3) is 3.94. The van der Waals surface area contributed by atoms with Crippen molar-refractivity contribution >= 4 is 49.6 Å². The lowest BCUT2D eigenvalue weighted by Crippen LogP contribution is -2.32. The van der Waals surface area contributed by atoms with E-state index in [4.69, 9.17) is 19.1 Å². The molecule has 0 unspecified atom stereocenters. The highest BCUT2D eigenvalue weighted by atomic mass is 32.2. The second-order valence-electron chi connectivity index (χ2n) is 8.92. The lowest BCUT2D eigenvalue weighted by Gasteiger charge is -2.33. The third-order valence-corrected chi connectivity index (χ3v) is 8.17. The van der Waals surface area contributed by atoms with E-state index in [9.17, 15) is 0 Å². The van der Waals surface area contributed by atoms with E-state index in [1.54, 1.807) is 42.0 Å². The molecule has 1 aliphatic rings. The maximum Gasteiger partial charge on any atom is 0.127 e. The van der Waals surface area contributed by atoms with Crippen molar-refractivity contribution < 1.29 is 9.15 Å². The fraction of sp³-hybridized carbons (Fsp3) is 0.222. The van der Waals surface area contributed by atoms with Gasteiger partial charge in [0.1, 0.15) is 16.2 Å². The lowest BCUT2D eigenvalue weighted by molar-refractivity contribution is -0.0394. The van der Waals surface area contributed by atoms with E-state index in [2.05, 4.69) is 55.2 Å². The summed E-state index contributed by atoms with van der Waals surface area (Å²) in [6.07, 6.45) is 10.3. The summed E-state index contributed by atoms with van der Waals surface area (Å²) in [7, 11) is 0. The van der Waals surface area contributed by atoms with Crippen LogP contribution in [0.5, 0.6) is 0 Å². The molecule has 0 bridgehead atoms. The van der Waals surface area contributed by atoms with Crippen LogP contribution in [-0.2, 0) is 17.8 Å². The third-order valence-electron chi connectivity index (χ3n) is 6.02. The number of furan rings is 1. The number of pyridine rings is 1. The summed E-state index contributed by atoms with van der Waals surface area (Å²) in [4.78, 5) is 15.4. The molecule has 5 heterocycles. The van der Waals surface area contributed by atoms with Gasteiger partial charge < -0.3 is 9.15 Å². The number of hydrogen-bond acceptors (Lipinski definition) is 7. The van der Waals surface area contributed by atoms with Crippen LogP contribution in [0.25, 0.3) is 37.8 Å². The molecule has 34 heavy (non-hydrogen) atoms. The summed E-state index contributed by atoms with van der Waals surface area (Å²) in [5.41, 5.74) is 6.27. The molecule has 0 aliphatic carbocycles. The molecule has 0 saturated carbocycles. The smallest absolute Gasteiger partial charge is 0.127 e. The molecular weight excluding hydrogens is 462 g/mol. The molecule has 7 heteroatoms. The zero-order valence-corrected chi connectivity index (χ0v) is 20.6. The molecule has 0 saturated heterocycles. The highest BCUT2D eigenvalue weighted by Crippen LogP contribution is 2.44. The molecule has 0 spiro atoms. The van der Waals surface area contributed by atoms with Gasteiger partial charge in [0.05, 0.1) is 40.6 Å². The van der Waals surface area contributed by atoms with Crippen molar-refractivity contribution in [2.24, 2.45) is 0 Å². The van der Waals surface area contributed by atoms with E-state index in [1.165, 1.54) is 11.1 Å². The van der Waals surface area contributed by atoms with Gasteiger partial charge in [0.15, 0.2) is 0 Å². The molecule has 6 rings (SSSR count). The number of benzene rings is 1. The molecule has 0 atom stereocenters. The predicted molar refractivity (Wildman–Crippen MR) is 139 cm³/mol. The van der Waals surface area contributed by atoms with Crippen LogP contribution in [0.4, 0.5) is 0 Å². The Bertz CT molecular complexity index is 1510. The predicted octanol–water partition coefficient (Wildman–Crippen LogP) is 7.16. The highest BCUT2D eigenvalue weighted by Gasteiger charge is 2.32. The second kappa shape index (κ2) is 8.65. The topological polar surface area (TPSA) is 61.0 Å². The zero-order chi connectivity index (χ0) is 23.1. The first-order valence-electron chi connectivity index (χ1n) is 11.2. The monoisotopic (exact) mass is 485 g/mol. The van der Waals surface area contributed by atoms with E-state index in [-0.39, 0.29) is 5.60 Å². The average Bonchev–Trinajstić information content (AvgIpc) is 3.50. The number of rotatable bonds is 5. The van der Waals surface area contributed by atoms with Crippen LogP contribution in [0.1, 0.15) is 30.5 Å². The Morgan fingerprint density at radius 3 is 2.82 bits per heavy atom. The standard InChI is InChI=1S/C27H23N3O2S2/c1-27(2)13-19-20(15-32-27)22(18-10-11-31-14-18)30-25-21(19)23-24(34-25)26(29-16-28-23)33-12-6-9-17-7-4-3-5-8-17/h3-11,14,16H,12-13,15H2,1-2H3/b9-6+. The fourth-order valence-corrected chi connectivity index (χ4v) is 6.45. The van der Waals surface area contributed by atoms with Crippen LogP contribution in [-0.4, -0.2) is 26.3 Å². The molecule has 0 amide bonds. The van der Waals surface area contributed by atoms with Crippen molar-refractivity contribution in [1.29, 1.82) is 0 Å². The van der Waals surface area contributed by atoms with Gasteiger partial charge in [-0.15, -0.1) is 23.1 Å². The van der Waals surface area contributed by atoms with Gasteiger partial charge >= 0.3 is 0 Å². The summed E-state index contributed by atoms with van der Waals surface area (Å²) < 4.78 is 12.6. The molecule has 0 N–H and O–H groups in total. The Kier molecular flexibility index (Phi) is 5.48. The van der Waals surface area contributed by atoms with E-state index in [1.807, 2.05) is 12.1 Å². The number of fused-ring (bicyclic) bond motifs is 5.